The highest BCUT2D eigenvalue weighted by atomic mass is 16.5. The molecule has 2 atom stereocenters. The highest BCUT2D eigenvalue weighted by molar-refractivity contribution is 5.76. The van der Waals surface area contributed by atoms with Gasteiger partial charge in [0.15, 0.2) is 0 Å². The maximum Gasteiger partial charge on any atom is 0.305 e. The van der Waals surface area contributed by atoms with Gasteiger partial charge in [-0.3, -0.25) is 9.59 Å². The molecule has 0 saturated carbocycles. The molecule has 0 fully saturated rings. The van der Waals surface area contributed by atoms with Crippen LogP contribution in [0.1, 0.15) is 386 Å². The summed E-state index contributed by atoms with van der Waals surface area (Å²) in [5.74, 6) is -0.0588. The van der Waals surface area contributed by atoms with Gasteiger partial charge in [0.2, 0.25) is 5.91 Å². The Balaban J connectivity index is 3.41. The van der Waals surface area contributed by atoms with E-state index in [0.717, 1.165) is 51.4 Å². The van der Waals surface area contributed by atoms with Crippen LogP contribution in [0.2, 0.25) is 0 Å². The number of hydrogen-bond donors (Lipinski definition) is 3. The first kappa shape index (κ1) is 77.8. The average Bonchev–Trinajstić information content (AvgIpc) is 3.46. The molecule has 0 aromatic heterocycles. The zero-order valence-electron chi connectivity index (χ0n) is 53.8. The molecule has 1 amide bonds. The van der Waals surface area contributed by atoms with E-state index in [1.54, 1.807) is 6.08 Å². The summed E-state index contributed by atoms with van der Waals surface area (Å²) < 4.78 is 5.51. The largest absolute Gasteiger partial charge is 0.466 e. The maximum atomic E-state index is 12.5. The second kappa shape index (κ2) is 69.3. The van der Waals surface area contributed by atoms with Gasteiger partial charge in [0, 0.05) is 12.8 Å². The van der Waals surface area contributed by atoms with Crippen molar-refractivity contribution >= 4 is 11.9 Å². The lowest BCUT2D eigenvalue weighted by molar-refractivity contribution is -0.143. The zero-order valence-corrected chi connectivity index (χ0v) is 53.8. The minimum atomic E-state index is -0.848. The normalized spacial score (nSPS) is 12.8. The van der Waals surface area contributed by atoms with Crippen molar-refractivity contribution in [3.05, 3.63) is 48.6 Å². The monoisotopic (exact) mass is 1120 g/mol. The van der Waals surface area contributed by atoms with E-state index in [-0.39, 0.29) is 18.5 Å². The number of aliphatic hydroxyl groups excluding tert-OH is 2. The fourth-order valence-electron chi connectivity index (χ4n) is 11.1. The van der Waals surface area contributed by atoms with Gasteiger partial charge in [-0.1, -0.05) is 332 Å². The molecule has 6 nitrogen and oxygen atoms in total. The third kappa shape index (κ3) is 65.0. The second-order valence-corrected chi connectivity index (χ2v) is 24.6. The number of carbonyl (C=O) groups is 2. The number of aliphatic hydroxyl groups is 2. The number of ether oxygens (including phenoxy) is 1. The van der Waals surface area contributed by atoms with Gasteiger partial charge in [-0.25, -0.2) is 0 Å². The molecule has 2 unspecified atom stereocenters. The summed E-state index contributed by atoms with van der Waals surface area (Å²) >= 11 is 0. The third-order valence-electron chi connectivity index (χ3n) is 16.6. The van der Waals surface area contributed by atoms with Crippen LogP contribution in [0.15, 0.2) is 48.6 Å². The summed E-state index contributed by atoms with van der Waals surface area (Å²) in [5.41, 5.74) is 0. The number of unbranched alkanes of at least 4 members (excludes halogenated alkanes) is 50. The molecule has 0 spiro atoms. The van der Waals surface area contributed by atoms with E-state index < -0.39 is 12.1 Å². The number of nitrogens with one attached hydrogen (secondary N) is 1. The number of hydrogen-bond acceptors (Lipinski definition) is 5. The van der Waals surface area contributed by atoms with E-state index in [2.05, 4.69) is 55.6 Å². The minimum Gasteiger partial charge on any atom is -0.466 e. The molecule has 0 bridgehead atoms. The molecule has 0 aromatic carbocycles. The van der Waals surface area contributed by atoms with Crippen molar-refractivity contribution in [2.45, 2.75) is 398 Å². The van der Waals surface area contributed by atoms with E-state index in [4.69, 9.17) is 4.74 Å². The summed E-state index contributed by atoms with van der Waals surface area (Å²) in [4.78, 5) is 24.6. The number of amides is 1. The van der Waals surface area contributed by atoms with Gasteiger partial charge in [-0.05, 0) is 89.9 Å². The topological polar surface area (TPSA) is 95.9 Å². The van der Waals surface area contributed by atoms with Gasteiger partial charge in [0.1, 0.15) is 0 Å². The van der Waals surface area contributed by atoms with E-state index in [1.807, 2.05) is 6.08 Å². The van der Waals surface area contributed by atoms with Crippen LogP contribution < -0.4 is 5.32 Å². The Hall–Kier alpha value is -2.18. The molecule has 470 valence electrons. The minimum absolute atomic E-state index is 0.00953. The van der Waals surface area contributed by atoms with Crippen LogP contribution in [0.3, 0.4) is 0 Å². The molecule has 0 aliphatic carbocycles. The summed E-state index contributed by atoms with van der Waals surface area (Å²) in [5, 5.41) is 23.2. The Morgan fingerprint density at radius 1 is 0.350 bits per heavy atom. The number of esters is 1. The molecule has 0 saturated heterocycles. The lowest BCUT2D eigenvalue weighted by Crippen LogP contribution is -2.45. The van der Waals surface area contributed by atoms with Crippen molar-refractivity contribution in [2.24, 2.45) is 0 Å². The molecule has 0 aliphatic heterocycles. The highest BCUT2D eigenvalue weighted by Crippen LogP contribution is 2.18. The third-order valence-corrected chi connectivity index (χ3v) is 16.6. The predicted octanol–water partition coefficient (Wildman–Crippen LogP) is 23.3. The van der Waals surface area contributed by atoms with E-state index in [9.17, 15) is 19.8 Å². The van der Waals surface area contributed by atoms with Crippen LogP contribution in [0.25, 0.3) is 0 Å². The fourth-order valence-corrected chi connectivity index (χ4v) is 11.1. The Morgan fingerprint density at radius 2 is 0.625 bits per heavy atom. The first-order valence-electron chi connectivity index (χ1n) is 35.9. The van der Waals surface area contributed by atoms with Crippen LogP contribution in [-0.2, 0) is 14.3 Å². The van der Waals surface area contributed by atoms with E-state index in [1.165, 1.54) is 308 Å². The van der Waals surface area contributed by atoms with Gasteiger partial charge < -0.3 is 20.3 Å². The molecule has 6 heteroatoms. The summed E-state index contributed by atoms with van der Waals surface area (Å²) in [6.45, 7) is 4.91. The van der Waals surface area contributed by atoms with Gasteiger partial charge in [0.25, 0.3) is 0 Å². The Bertz CT molecular complexity index is 1340. The van der Waals surface area contributed by atoms with Crippen LogP contribution in [0.4, 0.5) is 0 Å². The van der Waals surface area contributed by atoms with Crippen molar-refractivity contribution in [1.82, 2.24) is 5.32 Å². The average molecular weight is 1120 g/mol. The molecule has 80 heavy (non-hydrogen) atoms. The van der Waals surface area contributed by atoms with Crippen molar-refractivity contribution < 1.29 is 24.5 Å². The van der Waals surface area contributed by atoms with E-state index >= 15 is 0 Å². The Morgan fingerprint density at radius 3 is 0.988 bits per heavy atom. The summed E-state index contributed by atoms with van der Waals surface area (Å²) in [7, 11) is 0. The van der Waals surface area contributed by atoms with Crippen LogP contribution in [0, 0.1) is 0 Å². The van der Waals surface area contributed by atoms with E-state index in [0.29, 0.717) is 19.4 Å². The molecular weight excluding hydrogens is 983 g/mol. The number of allylic oxidation sites excluding steroid dienone is 7. The molecule has 0 rings (SSSR count). The van der Waals surface area contributed by atoms with Crippen molar-refractivity contribution in [2.75, 3.05) is 13.2 Å². The van der Waals surface area contributed by atoms with Crippen molar-refractivity contribution in [3.8, 4) is 0 Å². The maximum absolute atomic E-state index is 12.5. The Kier molecular flexibility index (Phi) is 67.4. The van der Waals surface area contributed by atoms with Crippen molar-refractivity contribution in [1.29, 1.82) is 0 Å². The zero-order chi connectivity index (χ0) is 57.8. The standard InChI is InChI=1S/C74H139NO5/c1-3-5-7-9-11-13-15-17-19-21-30-34-38-42-46-50-54-58-62-66-72(77)71(70-76)75-73(78)67-63-59-55-51-47-43-39-35-32-28-26-24-23-25-27-29-33-37-41-45-49-53-57-61-65-69-80-74(79)68-64-60-56-52-48-44-40-36-31-22-20-18-16-14-12-10-8-6-4-2/h12,14,18,20,24,26,62,66,71-72,76-77H,3-11,13,15-17,19,21-23,25,27-61,63-65,67-70H2,1-2H3,(H,75,78)/b14-12-,20-18-,26-24-,66-62+. The Labute approximate surface area is 499 Å². The van der Waals surface area contributed by atoms with Crippen LogP contribution in [-0.4, -0.2) is 47.4 Å². The quantitative estimate of drug-likeness (QED) is 0.0320. The van der Waals surface area contributed by atoms with Crippen molar-refractivity contribution in [3.63, 3.8) is 0 Å². The molecule has 0 aromatic rings. The summed E-state index contributed by atoms with van der Waals surface area (Å²) in [6.07, 6.45) is 90.4. The smallest absolute Gasteiger partial charge is 0.305 e. The SMILES string of the molecule is CCCCC/C=C\C/C=C\CCCCCCCCCCCC(=O)OCCCCCCCCCCCCCC/C=C\CCCCCCCCCCCC(=O)NC(CO)C(O)/C=C/CCCCCCCCCCCCCCCCCCC. The molecule has 3 N–H and O–H groups in total. The fraction of sp³-hybridized carbons (Fsp3) is 0.865. The lowest BCUT2D eigenvalue weighted by Gasteiger charge is -2.20. The summed E-state index contributed by atoms with van der Waals surface area (Å²) in [6, 6.07) is -0.632. The predicted molar refractivity (Wildman–Crippen MR) is 352 cm³/mol. The van der Waals surface area contributed by atoms with Gasteiger partial charge in [-0.15, -0.1) is 0 Å². The first-order valence-corrected chi connectivity index (χ1v) is 35.9. The van der Waals surface area contributed by atoms with Crippen LogP contribution in [0.5, 0.6) is 0 Å². The molecular formula is C74H139NO5. The molecule has 0 radical (unpaired) electrons. The lowest BCUT2D eigenvalue weighted by atomic mass is 10.0. The van der Waals surface area contributed by atoms with Crippen LogP contribution >= 0.6 is 0 Å². The second-order valence-electron chi connectivity index (χ2n) is 24.6. The first-order chi connectivity index (χ1) is 39.5. The highest BCUT2D eigenvalue weighted by Gasteiger charge is 2.18. The van der Waals surface area contributed by atoms with Gasteiger partial charge >= 0.3 is 5.97 Å². The van der Waals surface area contributed by atoms with Gasteiger partial charge in [0.05, 0.1) is 25.4 Å². The molecule has 0 aliphatic rings. The van der Waals surface area contributed by atoms with Gasteiger partial charge in [-0.2, -0.15) is 0 Å². The molecule has 0 heterocycles. The number of rotatable bonds is 67. The number of carbonyl (C=O) groups excluding carboxylic acids is 2.